The summed E-state index contributed by atoms with van der Waals surface area (Å²) in [5.41, 5.74) is 1.57. The molecule has 0 aliphatic carbocycles. The minimum Gasteiger partial charge on any atom is -0.383 e. The number of hydrogen-bond donors (Lipinski definition) is 1. The van der Waals surface area contributed by atoms with Gasteiger partial charge in [-0.3, -0.25) is 0 Å². The second-order valence-electron chi connectivity index (χ2n) is 4.35. The van der Waals surface area contributed by atoms with E-state index in [1.54, 1.807) is 12.1 Å². The van der Waals surface area contributed by atoms with Gasteiger partial charge in [-0.2, -0.15) is 0 Å². The highest BCUT2D eigenvalue weighted by molar-refractivity contribution is 7.90. The predicted octanol–water partition coefficient (Wildman–Crippen LogP) is 3.20. The highest BCUT2D eigenvalue weighted by Crippen LogP contribution is 2.34. The number of sulfone groups is 1. The molecule has 0 spiro atoms. The summed E-state index contributed by atoms with van der Waals surface area (Å²) >= 11 is 7.30. The average molecular weight is 317 g/mol. The Morgan fingerprint density at radius 2 is 1.84 bits per heavy atom. The van der Waals surface area contributed by atoms with Gasteiger partial charge in [-0.15, -0.1) is 11.3 Å². The van der Waals surface area contributed by atoms with Crippen molar-refractivity contribution in [3.8, 4) is 0 Å². The van der Waals surface area contributed by atoms with Crippen LogP contribution in [0.25, 0.3) is 0 Å². The third-order valence-corrected chi connectivity index (χ3v) is 5.51. The van der Waals surface area contributed by atoms with E-state index in [-0.39, 0.29) is 4.90 Å². The minimum atomic E-state index is -3.21. The highest BCUT2D eigenvalue weighted by atomic mass is 35.5. The van der Waals surface area contributed by atoms with E-state index in [1.165, 1.54) is 23.5 Å². The van der Waals surface area contributed by atoms with Gasteiger partial charge in [-0.25, -0.2) is 8.42 Å². The van der Waals surface area contributed by atoms with E-state index >= 15 is 0 Å². The van der Waals surface area contributed by atoms with Crippen molar-refractivity contribution in [1.82, 2.24) is 0 Å². The van der Waals surface area contributed by atoms with Crippen LogP contribution in [0.5, 0.6) is 0 Å². The van der Waals surface area contributed by atoms with Crippen LogP contribution in [-0.2, 0) is 9.84 Å². The van der Waals surface area contributed by atoms with Crippen molar-refractivity contribution in [2.75, 3.05) is 6.26 Å². The lowest BCUT2D eigenvalue weighted by Gasteiger charge is -2.09. The van der Waals surface area contributed by atoms with Crippen molar-refractivity contribution in [3.05, 3.63) is 50.7 Å². The van der Waals surface area contributed by atoms with Crippen molar-refractivity contribution in [1.29, 1.82) is 0 Å². The molecule has 1 atom stereocenters. The number of aliphatic hydroxyl groups is 1. The summed E-state index contributed by atoms with van der Waals surface area (Å²) in [6, 6.07) is 8.06. The predicted molar refractivity (Wildman–Crippen MR) is 77.7 cm³/mol. The maximum atomic E-state index is 11.4. The van der Waals surface area contributed by atoms with E-state index in [2.05, 4.69) is 0 Å². The van der Waals surface area contributed by atoms with E-state index in [9.17, 15) is 13.5 Å². The molecule has 1 N–H and O–H groups in total. The summed E-state index contributed by atoms with van der Waals surface area (Å²) in [6.45, 7) is 1.88. The Kier molecular flexibility index (Phi) is 4.01. The van der Waals surface area contributed by atoms with E-state index in [0.717, 1.165) is 16.7 Å². The fraction of sp³-hybridized carbons (Fsp3) is 0.231. The second kappa shape index (κ2) is 5.25. The lowest BCUT2D eigenvalue weighted by molar-refractivity contribution is 0.224. The van der Waals surface area contributed by atoms with Crippen LogP contribution in [0.15, 0.2) is 35.2 Å². The number of halogens is 1. The monoisotopic (exact) mass is 316 g/mol. The van der Waals surface area contributed by atoms with E-state index in [1.807, 2.05) is 13.0 Å². The molecule has 0 aliphatic heterocycles. The van der Waals surface area contributed by atoms with Crippen molar-refractivity contribution in [3.63, 3.8) is 0 Å². The van der Waals surface area contributed by atoms with Gasteiger partial charge in [0, 0.05) is 11.1 Å². The molecule has 0 aliphatic rings. The zero-order chi connectivity index (χ0) is 14.2. The summed E-state index contributed by atoms with van der Waals surface area (Å²) in [6.07, 6.45) is 0.366. The highest BCUT2D eigenvalue weighted by Gasteiger charge is 2.15. The topological polar surface area (TPSA) is 54.4 Å². The maximum Gasteiger partial charge on any atom is 0.175 e. The van der Waals surface area contributed by atoms with Gasteiger partial charge in [0.2, 0.25) is 0 Å². The molecule has 2 rings (SSSR count). The number of benzene rings is 1. The second-order valence-corrected chi connectivity index (χ2v) is 8.05. The van der Waals surface area contributed by atoms with Gasteiger partial charge in [0.25, 0.3) is 0 Å². The molecule has 0 radical (unpaired) electrons. The van der Waals surface area contributed by atoms with Gasteiger partial charge in [0.15, 0.2) is 9.84 Å². The van der Waals surface area contributed by atoms with Crippen molar-refractivity contribution >= 4 is 32.8 Å². The van der Waals surface area contributed by atoms with Crippen LogP contribution in [0.3, 0.4) is 0 Å². The first kappa shape index (κ1) is 14.5. The molecule has 3 nitrogen and oxygen atoms in total. The van der Waals surface area contributed by atoms with Crippen LogP contribution in [0, 0.1) is 6.92 Å². The van der Waals surface area contributed by atoms with Gasteiger partial charge >= 0.3 is 0 Å². The molecule has 0 amide bonds. The molecule has 0 fully saturated rings. The Labute approximate surface area is 121 Å². The van der Waals surface area contributed by atoms with Crippen LogP contribution in [0.2, 0.25) is 4.34 Å². The number of aryl methyl sites for hydroxylation is 1. The van der Waals surface area contributed by atoms with Gasteiger partial charge in [-0.05, 0) is 36.2 Å². The molecule has 1 aromatic carbocycles. The van der Waals surface area contributed by atoms with Crippen molar-refractivity contribution in [2.24, 2.45) is 0 Å². The summed E-state index contributed by atoms with van der Waals surface area (Å²) in [4.78, 5) is 0.985. The fourth-order valence-electron chi connectivity index (χ4n) is 1.68. The molecular weight excluding hydrogens is 304 g/mol. The summed E-state index contributed by atoms with van der Waals surface area (Å²) in [5.74, 6) is 0. The standard InChI is InChI=1S/C13H13ClO3S2/c1-8-7-11(18-13(8)14)12(15)9-3-5-10(6-4-9)19(2,16)17/h3-7,12,15H,1-2H3. The Balaban J connectivity index is 2.32. The third kappa shape index (κ3) is 3.17. The molecule has 2 aromatic rings. The maximum absolute atomic E-state index is 11.4. The van der Waals surface area contributed by atoms with Crippen LogP contribution in [0.4, 0.5) is 0 Å². The first-order valence-corrected chi connectivity index (χ1v) is 8.61. The smallest absolute Gasteiger partial charge is 0.175 e. The average Bonchev–Trinajstić information content (AvgIpc) is 2.68. The fourth-order valence-corrected chi connectivity index (χ4v) is 3.54. The quantitative estimate of drug-likeness (QED) is 0.946. The van der Waals surface area contributed by atoms with Gasteiger partial charge in [0.05, 0.1) is 9.23 Å². The van der Waals surface area contributed by atoms with Gasteiger partial charge in [0.1, 0.15) is 6.10 Å². The van der Waals surface area contributed by atoms with Crippen molar-refractivity contribution in [2.45, 2.75) is 17.9 Å². The molecule has 0 saturated carbocycles. The largest absolute Gasteiger partial charge is 0.383 e. The lowest BCUT2D eigenvalue weighted by atomic mass is 10.1. The van der Waals surface area contributed by atoms with E-state index in [4.69, 9.17) is 11.6 Å². The minimum absolute atomic E-state index is 0.240. The summed E-state index contributed by atoms with van der Waals surface area (Å²) < 4.78 is 23.4. The molecule has 19 heavy (non-hydrogen) atoms. The Morgan fingerprint density at radius 3 is 2.26 bits per heavy atom. The number of hydrogen-bond acceptors (Lipinski definition) is 4. The number of thiophene rings is 1. The molecule has 1 unspecified atom stereocenters. The molecule has 1 aromatic heterocycles. The first-order chi connectivity index (χ1) is 8.79. The molecule has 6 heteroatoms. The zero-order valence-corrected chi connectivity index (χ0v) is 12.8. The number of aliphatic hydroxyl groups excluding tert-OH is 1. The number of rotatable bonds is 3. The molecule has 1 heterocycles. The van der Waals surface area contributed by atoms with Crippen LogP contribution >= 0.6 is 22.9 Å². The Hall–Kier alpha value is -0.880. The first-order valence-electron chi connectivity index (χ1n) is 5.53. The summed E-state index contributed by atoms with van der Waals surface area (Å²) in [7, 11) is -3.21. The normalized spacial score (nSPS) is 13.5. The SMILES string of the molecule is Cc1cc(C(O)c2ccc(S(C)(=O)=O)cc2)sc1Cl. The third-order valence-electron chi connectivity index (χ3n) is 2.77. The van der Waals surface area contributed by atoms with Crippen molar-refractivity contribution < 1.29 is 13.5 Å². The van der Waals surface area contributed by atoms with Crippen LogP contribution in [0.1, 0.15) is 22.1 Å². The molecule has 0 saturated heterocycles. The Bertz CT molecular complexity index is 668. The molecular formula is C13H13ClO3S2. The van der Waals surface area contributed by atoms with Crippen LogP contribution < -0.4 is 0 Å². The zero-order valence-electron chi connectivity index (χ0n) is 10.4. The van der Waals surface area contributed by atoms with E-state index in [0.29, 0.717) is 9.90 Å². The Morgan fingerprint density at radius 1 is 1.26 bits per heavy atom. The van der Waals surface area contributed by atoms with E-state index < -0.39 is 15.9 Å². The van der Waals surface area contributed by atoms with Crippen LogP contribution in [-0.4, -0.2) is 19.8 Å². The molecule has 0 bridgehead atoms. The molecule has 102 valence electrons. The lowest BCUT2D eigenvalue weighted by Crippen LogP contribution is -2.00. The van der Waals surface area contributed by atoms with Gasteiger partial charge in [-0.1, -0.05) is 23.7 Å². The van der Waals surface area contributed by atoms with Gasteiger partial charge < -0.3 is 5.11 Å². The summed E-state index contributed by atoms with van der Waals surface area (Å²) in [5, 5.41) is 10.2.